The fraction of sp³-hybridized carbons (Fsp3) is 0.154. The first kappa shape index (κ1) is 27.6. The van der Waals surface area contributed by atoms with Gasteiger partial charge in [-0.3, -0.25) is 4.72 Å². The van der Waals surface area contributed by atoms with Crippen molar-refractivity contribution < 1.29 is 25.8 Å². The molecule has 4 aromatic rings. The monoisotopic (exact) mass is 588 g/mol. The minimum absolute atomic E-state index is 0.173. The highest BCUT2D eigenvalue weighted by molar-refractivity contribution is 7.92. The summed E-state index contributed by atoms with van der Waals surface area (Å²) in [6, 6.07) is 17.0. The third-order valence-electron chi connectivity index (χ3n) is 5.89. The highest BCUT2D eigenvalue weighted by atomic mass is 32.2. The lowest BCUT2D eigenvalue weighted by Crippen LogP contribution is -2.20. The molecule has 0 amide bonds. The van der Waals surface area contributed by atoms with E-state index in [1.807, 2.05) is 6.07 Å². The van der Waals surface area contributed by atoms with Crippen LogP contribution in [-0.2, 0) is 27.2 Å². The molecule has 14 heteroatoms. The minimum Gasteiger partial charge on any atom is -0.369 e. The zero-order valence-corrected chi connectivity index (χ0v) is 22.3. The molecule has 0 saturated carbocycles. The lowest BCUT2D eigenvalue weighted by atomic mass is 10.1. The van der Waals surface area contributed by atoms with Gasteiger partial charge in [0.15, 0.2) is 0 Å². The summed E-state index contributed by atoms with van der Waals surface area (Å²) < 4.78 is 82.4. The Labute approximate surface area is 230 Å². The lowest BCUT2D eigenvalue weighted by molar-refractivity contribution is -0.137. The minimum atomic E-state index is -4.67. The number of anilines is 4. The average Bonchev–Trinajstić information content (AvgIpc) is 2.93. The molecule has 1 aliphatic heterocycles. The van der Waals surface area contributed by atoms with Gasteiger partial charge in [-0.1, -0.05) is 24.3 Å². The number of fused-ring (bicyclic) bond motifs is 4. The maximum absolute atomic E-state index is 13.0. The molecule has 40 heavy (non-hydrogen) atoms. The van der Waals surface area contributed by atoms with Crippen LogP contribution in [0.3, 0.4) is 0 Å². The molecule has 1 aliphatic rings. The highest BCUT2D eigenvalue weighted by Crippen LogP contribution is 2.32. The third-order valence-corrected chi connectivity index (χ3v) is 8.42. The van der Waals surface area contributed by atoms with Gasteiger partial charge >= 0.3 is 6.18 Å². The Kier molecular flexibility index (Phi) is 7.74. The van der Waals surface area contributed by atoms with E-state index in [9.17, 15) is 25.8 Å². The van der Waals surface area contributed by atoms with Crippen molar-refractivity contribution in [2.45, 2.75) is 22.4 Å². The largest absolute Gasteiger partial charge is 0.416 e. The molecular weight excluding hydrogens is 565 g/mol. The first-order valence-electron chi connectivity index (χ1n) is 12.0. The Balaban J connectivity index is 1.39. The van der Waals surface area contributed by atoms with Gasteiger partial charge in [0, 0.05) is 36.2 Å². The molecule has 4 N–H and O–H groups in total. The zero-order valence-electron chi connectivity index (χ0n) is 20.7. The van der Waals surface area contributed by atoms with Crippen LogP contribution in [0, 0.1) is 0 Å². The first-order valence-corrected chi connectivity index (χ1v) is 14.7. The summed E-state index contributed by atoms with van der Waals surface area (Å²) in [4.78, 5) is 9.13. The van der Waals surface area contributed by atoms with Crippen molar-refractivity contribution >= 4 is 44.1 Å². The van der Waals surface area contributed by atoms with Crippen molar-refractivity contribution in [3.8, 4) is 11.1 Å². The van der Waals surface area contributed by atoms with Gasteiger partial charge in [-0.15, -0.1) is 0 Å². The van der Waals surface area contributed by atoms with Gasteiger partial charge in [0.2, 0.25) is 5.95 Å². The number of alkyl halides is 3. The van der Waals surface area contributed by atoms with Crippen molar-refractivity contribution in [2.24, 2.45) is 0 Å². The van der Waals surface area contributed by atoms with Crippen LogP contribution in [0.1, 0.15) is 12.0 Å². The maximum atomic E-state index is 13.0. The summed E-state index contributed by atoms with van der Waals surface area (Å²) in [5.41, 5.74) is 1.12. The summed E-state index contributed by atoms with van der Waals surface area (Å²) in [7, 11) is -5.61. The van der Waals surface area contributed by atoms with Crippen molar-refractivity contribution in [3.05, 3.63) is 84.6 Å². The Morgan fingerprint density at radius 2 is 1.73 bits per heavy atom. The second-order valence-corrected chi connectivity index (χ2v) is 11.7. The number of hydrogen-bond acceptors (Lipinski definition) is 7. The maximum Gasteiger partial charge on any atom is 0.416 e. The van der Waals surface area contributed by atoms with E-state index in [-0.39, 0.29) is 5.69 Å². The number of nitrogens with zero attached hydrogens (tertiary/aromatic N) is 2. The molecule has 1 atom stereocenters. The number of halogens is 3. The van der Waals surface area contributed by atoms with Gasteiger partial charge in [0.25, 0.3) is 10.0 Å². The van der Waals surface area contributed by atoms with Gasteiger partial charge in [-0.05, 0) is 60.5 Å². The van der Waals surface area contributed by atoms with E-state index in [2.05, 4.69) is 30.0 Å². The van der Waals surface area contributed by atoms with E-state index >= 15 is 0 Å². The highest BCUT2D eigenvalue weighted by Gasteiger charge is 2.31. The smallest absolute Gasteiger partial charge is 0.369 e. The Morgan fingerprint density at radius 1 is 0.950 bits per heavy atom. The molecule has 2 heterocycles. The van der Waals surface area contributed by atoms with Gasteiger partial charge in [-0.25, -0.2) is 22.3 Å². The number of benzene rings is 3. The van der Waals surface area contributed by atoms with E-state index in [0.29, 0.717) is 59.1 Å². The first-order chi connectivity index (χ1) is 19.1. The van der Waals surface area contributed by atoms with Crippen molar-refractivity contribution in [1.29, 1.82) is 0 Å². The Morgan fingerprint density at radius 3 is 2.50 bits per heavy atom. The fourth-order valence-electron chi connectivity index (χ4n) is 3.92. The Hall–Kier alpha value is -4.01. The molecule has 4 bridgehead atoms. The topological polar surface area (TPSA) is 125 Å². The predicted molar refractivity (Wildman–Crippen MR) is 147 cm³/mol. The van der Waals surface area contributed by atoms with Crippen LogP contribution in [0.4, 0.5) is 36.3 Å². The van der Waals surface area contributed by atoms with E-state index in [1.54, 1.807) is 36.5 Å². The summed E-state index contributed by atoms with van der Waals surface area (Å²) in [6.07, 6.45) is -2.38. The molecule has 0 aliphatic carbocycles. The summed E-state index contributed by atoms with van der Waals surface area (Å²) in [5, 5.41) is 6.38. The van der Waals surface area contributed by atoms with E-state index in [1.165, 1.54) is 12.1 Å². The van der Waals surface area contributed by atoms with Crippen LogP contribution in [0.25, 0.3) is 11.1 Å². The average molecular weight is 589 g/mol. The zero-order chi connectivity index (χ0) is 28.3. The van der Waals surface area contributed by atoms with Crippen LogP contribution >= 0.6 is 0 Å². The molecule has 1 aromatic heterocycles. The quantitative estimate of drug-likeness (QED) is 0.260. The van der Waals surface area contributed by atoms with Crippen molar-refractivity contribution in [1.82, 2.24) is 14.7 Å². The van der Waals surface area contributed by atoms with Crippen LogP contribution in [-0.4, -0.2) is 35.7 Å². The second kappa shape index (κ2) is 11.2. The SMILES string of the molecule is O=S1NCCCNc2nc(ncc2-c2ccc(NS(=O)(=O)c3cccc(C(F)(F)F)c3)cc2)Nc2cccc1c2. The number of hydrogen-bond donors (Lipinski definition) is 4. The lowest BCUT2D eigenvalue weighted by Gasteiger charge is -2.14. The summed E-state index contributed by atoms with van der Waals surface area (Å²) >= 11 is 0. The molecule has 9 nitrogen and oxygen atoms in total. The Bertz CT molecular complexity index is 1670. The third kappa shape index (κ3) is 6.41. The van der Waals surface area contributed by atoms with Gasteiger partial charge in [0.1, 0.15) is 16.8 Å². The fourth-order valence-corrected chi connectivity index (χ4v) is 5.96. The molecular formula is C26H23F3N6O3S2. The molecule has 3 aromatic carbocycles. The van der Waals surface area contributed by atoms with Crippen LogP contribution in [0.2, 0.25) is 0 Å². The van der Waals surface area contributed by atoms with Crippen molar-refractivity contribution in [3.63, 3.8) is 0 Å². The van der Waals surface area contributed by atoms with E-state index in [0.717, 1.165) is 18.2 Å². The standard InChI is InChI=1S/C26H23F3N6O3S2/c27-26(28,29)18-4-1-7-22(14-18)40(37,38)35-19-10-8-17(9-11-19)23-16-31-25-33-20-5-2-6-21(15-20)39(36)32-13-3-12-30-24(23)34-25/h1-2,4-11,14-16,32,35H,3,12-13H2,(H2,30,31,33,34). The second-order valence-electron chi connectivity index (χ2n) is 8.76. The number of sulfonamides is 1. The van der Waals surface area contributed by atoms with Crippen LogP contribution < -0.4 is 20.1 Å². The number of aromatic nitrogens is 2. The van der Waals surface area contributed by atoms with E-state index in [4.69, 9.17) is 0 Å². The summed E-state index contributed by atoms with van der Waals surface area (Å²) in [5.74, 6) is 0.859. The molecule has 0 radical (unpaired) electrons. The summed E-state index contributed by atoms with van der Waals surface area (Å²) in [6.45, 7) is 1.03. The molecule has 0 spiro atoms. The molecule has 208 valence electrons. The van der Waals surface area contributed by atoms with Gasteiger partial charge < -0.3 is 10.6 Å². The molecule has 0 fully saturated rings. The molecule has 5 rings (SSSR count). The normalized spacial score (nSPS) is 15.9. The van der Waals surface area contributed by atoms with Crippen LogP contribution in [0.5, 0.6) is 0 Å². The number of nitrogens with one attached hydrogen (secondary N) is 4. The van der Waals surface area contributed by atoms with Crippen LogP contribution in [0.15, 0.2) is 88.8 Å². The predicted octanol–water partition coefficient (Wildman–Crippen LogP) is 5.13. The van der Waals surface area contributed by atoms with Gasteiger partial charge in [0.05, 0.1) is 15.4 Å². The van der Waals surface area contributed by atoms with Gasteiger partial charge in [-0.2, -0.15) is 18.2 Å². The van der Waals surface area contributed by atoms with E-state index < -0.39 is 37.6 Å². The molecule has 0 saturated heterocycles. The molecule has 1 unspecified atom stereocenters. The van der Waals surface area contributed by atoms with Crippen molar-refractivity contribution in [2.75, 3.05) is 28.4 Å². The number of rotatable bonds is 4.